The summed E-state index contributed by atoms with van der Waals surface area (Å²) in [5, 5.41) is 9.37. The Morgan fingerprint density at radius 2 is 2.30 bits per heavy atom. The molecule has 1 aromatic rings. The predicted molar refractivity (Wildman–Crippen MR) is 77.2 cm³/mol. The van der Waals surface area contributed by atoms with Crippen molar-refractivity contribution in [3.8, 4) is 12.3 Å². The van der Waals surface area contributed by atoms with Crippen LogP contribution in [0.4, 0.5) is 5.82 Å². The van der Waals surface area contributed by atoms with E-state index in [1.165, 1.54) is 12.3 Å². The number of anilines is 1. The Morgan fingerprint density at radius 1 is 1.57 bits per heavy atom. The highest BCUT2D eigenvalue weighted by Gasteiger charge is 2.51. The maximum absolute atomic E-state index is 12.0. The van der Waals surface area contributed by atoms with Crippen molar-refractivity contribution in [2.75, 3.05) is 18.9 Å². The fourth-order valence-corrected chi connectivity index (χ4v) is 2.72. The van der Waals surface area contributed by atoms with Crippen molar-refractivity contribution in [2.45, 2.75) is 24.5 Å². The van der Waals surface area contributed by atoms with Gasteiger partial charge in [-0.25, -0.2) is 4.79 Å². The lowest BCUT2D eigenvalue weighted by atomic mass is 10.1. The average Bonchev–Trinajstić information content (AvgIpc) is 2.82. The molecule has 0 spiro atoms. The summed E-state index contributed by atoms with van der Waals surface area (Å²) in [6, 6.07) is 1.37. The first-order valence-electron chi connectivity index (χ1n) is 6.47. The first-order valence-corrected chi connectivity index (χ1v) is 7.60. The molecular formula is C12H15N3O7P+. The number of ether oxygens (including phenoxy) is 2. The van der Waals surface area contributed by atoms with Crippen molar-refractivity contribution in [2.24, 2.45) is 0 Å². The number of nitrogens with two attached hydrogens (primary N) is 1. The van der Waals surface area contributed by atoms with Crippen LogP contribution in [-0.4, -0.2) is 51.1 Å². The number of terminal acetylenes is 1. The van der Waals surface area contributed by atoms with E-state index < -0.39 is 45.1 Å². The number of nitrogens with zero attached hydrogens (tertiary/aromatic N) is 2. The molecule has 0 aromatic carbocycles. The molecule has 1 aliphatic heterocycles. The van der Waals surface area contributed by atoms with Gasteiger partial charge in [0.2, 0.25) is 0 Å². The molecule has 0 saturated carbocycles. The van der Waals surface area contributed by atoms with Crippen molar-refractivity contribution in [3.63, 3.8) is 0 Å². The third-order valence-electron chi connectivity index (χ3n) is 3.16. The minimum Gasteiger partial charge on any atom is -0.394 e. The molecule has 3 unspecified atom stereocenters. The Hall–Kier alpha value is -1.86. The predicted octanol–water partition coefficient (Wildman–Crippen LogP) is -1.23. The molecule has 5 atom stereocenters. The second-order valence-electron chi connectivity index (χ2n) is 4.58. The summed E-state index contributed by atoms with van der Waals surface area (Å²) in [6.07, 6.45) is 2.33. The van der Waals surface area contributed by atoms with Crippen molar-refractivity contribution < 1.29 is 28.6 Å². The van der Waals surface area contributed by atoms with E-state index in [4.69, 9.17) is 31.0 Å². The van der Waals surface area contributed by atoms with Crippen molar-refractivity contribution >= 4 is 14.1 Å². The minimum atomic E-state index is -2.98. The number of hydrogen-bond donors (Lipinski definition) is 3. The van der Waals surface area contributed by atoms with Crippen molar-refractivity contribution in [3.05, 3.63) is 22.7 Å². The van der Waals surface area contributed by atoms with Crippen LogP contribution in [0.25, 0.3) is 0 Å². The SMILES string of the molecule is C#CCOC1C(O[P+](=O)O)[C@@H](CO)O[C@H]1n1ccc(N)nc1=O. The lowest BCUT2D eigenvalue weighted by molar-refractivity contribution is -0.0675. The largest absolute Gasteiger partial charge is 0.695 e. The number of nitrogen functional groups attached to an aromatic ring is 1. The lowest BCUT2D eigenvalue weighted by Crippen LogP contribution is -2.39. The maximum Gasteiger partial charge on any atom is 0.695 e. The summed E-state index contributed by atoms with van der Waals surface area (Å²) in [6.45, 7) is -0.667. The van der Waals surface area contributed by atoms with Gasteiger partial charge in [0, 0.05) is 10.8 Å². The van der Waals surface area contributed by atoms with E-state index in [1.807, 2.05) is 0 Å². The van der Waals surface area contributed by atoms with Crippen LogP contribution in [0.15, 0.2) is 17.1 Å². The van der Waals surface area contributed by atoms with Crippen LogP contribution in [0.5, 0.6) is 0 Å². The lowest BCUT2D eigenvalue weighted by Gasteiger charge is -2.21. The molecule has 0 radical (unpaired) electrons. The molecule has 1 saturated heterocycles. The molecule has 124 valence electrons. The van der Waals surface area contributed by atoms with Gasteiger partial charge in [-0.1, -0.05) is 5.92 Å². The highest BCUT2D eigenvalue weighted by molar-refractivity contribution is 7.32. The molecule has 1 aliphatic rings. The monoisotopic (exact) mass is 344 g/mol. The topological polar surface area (TPSA) is 146 Å². The van der Waals surface area contributed by atoms with E-state index in [-0.39, 0.29) is 12.4 Å². The molecule has 0 aliphatic carbocycles. The molecule has 0 bridgehead atoms. The fraction of sp³-hybridized carbons (Fsp3) is 0.500. The Balaban J connectivity index is 2.37. The summed E-state index contributed by atoms with van der Waals surface area (Å²) in [5.74, 6) is 2.27. The second kappa shape index (κ2) is 7.61. The van der Waals surface area contributed by atoms with Crippen LogP contribution in [0.3, 0.4) is 0 Å². The Morgan fingerprint density at radius 3 is 2.87 bits per heavy atom. The molecule has 10 nitrogen and oxygen atoms in total. The number of aliphatic hydroxyl groups excluding tert-OH is 1. The van der Waals surface area contributed by atoms with E-state index in [2.05, 4.69) is 10.9 Å². The summed E-state index contributed by atoms with van der Waals surface area (Å²) in [5.41, 5.74) is 4.72. The van der Waals surface area contributed by atoms with Crippen LogP contribution in [0.2, 0.25) is 0 Å². The van der Waals surface area contributed by atoms with E-state index in [1.54, 1.807) is 0 Å². The quantitative estimate of drug-likeness (QED) is 0.426. The van der Waals surface area contributed by atoms with Gasteiger partial charge in [0.05, 0.1) is 6.61 Å². The molecule has 1 aromatic heterocycles. The highest BCUT2D eigenvalue weighted by Crippen LogP contribution is 2.36. The van der Waals surface area contributed by atoms with E-state index >= 15 is 0 Å². The van der Waals surface area contributed by atoms with Crippen molar-refractivity contribution in [1.82, 2.24) is 9.55 Å². The third kappa shape index (κ3) is 3.92. The summed E-state index contributed by atoms with van der Waals surface area (Å²) < 4.78 is 27.8. The molecule has 1 fully saturated rings. The van der Waals surface area contributed by atoms with Crippen molar-refractivity contribution in [1.29, 1.82) is 0 Å². The molecule has 23 heavy (non-hydrogen) atoms. The zero-order valence-corrected chi connectivity index (χ0v) is 12.7. The summed E-state index contributed by atoms with van der Waals surface area (Å²) in [7, 11) is -2.98. The smallest absolute Gasteiger partial charge is 0.394 e. The van der Waals surface area contributed by atoms with Crippen LogP contribution in [-0.2, 0) is 18.6 Å². The number of rotatable bonds is 6. The van der Waals surface area contributed by atoms with Gasteiger partial charge >= 0.3 is 13.9 Å². The minimum absolute atomic E-state index is 0.0234. The second-order valence-corrected chi connectivity index (χ2v) is 5.26. The molecule has 2 heterocycles. The number of aromatic nitrogens is 2. The van der Waals surface area contributed by atoms with Crippen LogP contribution >= 0.6 is 8.25 Å². The first kappa shape index (κ1) is 17.5. The number of aliphatic hydroxyl groups is 1. The van der Waals surface area contributed by atoms with E-state index in [0.717, 1.165) is 4.57 Å². The Labute approximate surface area is 131 Å². The fourth-order valence-electron chi connectivity index (χ4n) is 2.25. The van der Waals surface area contributed by atoms with Gasteiger partial charge in [-0.05, 0) is 6.07 Å². The Bertz CT molecular complexity index is 673. The van der Waals surface area contributed by atoms with Gasteiger partial charge in [-0.2, -0.15) is 4.98 Å². The maximum atomic E-state index is 12.0. The highest BCUT2D eigenvalue weighted by atomic mass is 31.1. The Kier molecular flexibility index (Phi) is 5.79. The van der Waals surface area contributed by atoms with E-state index in [0.29, 0.717) is 0 Å². The van der Waals surface area contributed by atoms with Crippen LogP contribution in [0, 0.1) is 12.3 Å². The molecule has 0 amide bonds. The van der Waals surface area contributed by atoms with Gasteiger partial charge in [-0.3, -0.25) is 4.57 Å². The third-order valence-corrected chi connectivity index (χ3v) is 3.59. The van der Waals surface area contributed by atoms with Crippen LogP contribution < -0.4 is 11.4 Å². The van der Waals surface area contributed by atoms with Gasteiger partial charge in [0.1, 0.15) is 24.6 Å². The van der Waals surface area contributed by atoms with Gasteiger partial charge < -0.3 is 20.3 Å². The zero-order chi connectivity index (χ0) is 17.0. The zero-order valence-electron chi connectivity index (χ0n) is 11.8. The molecule has 2 rings (SSSR count). The number of hydrogen-bond acceptors (Lipinski definition) is 8. The first-order chi connectivity index (χ1) is 11.0. The molecule has 4 N–H and O–H groups in total. The normalized spacial score (nSPS) is 27.6. The van der Waals surface area contributed by atoms with Crippen LogP contribution in [0.1, 0.15) is 6.23 Å². The van der Waals surface area contributed by atoms with Gasteiger partial charge in [0.15, 0.2) is 12.3 Å². The standard InChI is InChI=1S/C12H14N3O7P/c1-2-5-20-10-9(22-23(18)19)7(6-16)21-11(10)15-4-3-8(13)14-12(15)17/h1,3-4,7,9-11,16H,5-6H2,(H2-,13,14,17,18,19)/p+1/t7-,9?,10?,11-/m1/s1. The van der Waals surface area contributed by atoms with Gasteiger partial charge in [0.25, 0.3) is 0 Å². The molecular weight excluding hydrogens is 329 g/mol. The average molecular weight is 344 g/mol. The molecule has 11 heteroatoms. The summed E-state index contributed by atoms with van der Waals surface area (Å²) in [4.78, 5) is 24.5. The van der Waals surface area contributed by atoms with E-state index in [9.17, 15) is 14.5 Å². The van der Waals surface area contributed by atoms with Gasteiger partial charge in [-0.15, -0.1) is 15.8 Å². The summed E-state index contributed by atoms with van der Waals surface area (Å²) >= 11 is 0.